The normalized spacial score (nSPS) is 9.42. The van der Waals surface area contributed by atoms with Gasteiger partial charge in [-0.15, -0.1) is 11.8 Å². The van der Waals surface area contributed by atoms with Crippen molar-refractivity contribution in [3.63, 3.8) is 0 Å². The van der Waals surface area contributed by atoms with Gasteiger partial charge in [-0.2, -0.15) is 10.5 Å². The number of para-hydroxylation sites is 1. The standard InChI is InChI=1S/C18H13N3O2S/c19-10-15(11-20)17(21-16-4-2-1-3-5-16)24-12-13-6-8-14(9-7-13)18(22)23/h1-9,21H,12H2,(H,22,23). The van der Waals surface area contributed by atoms with E-state index in [1.54, 1.807) is 12.1 Å². The highest BCUT2D eigenvalue weighted by atomic mass is 32.2. The Morgan fingerprint density at radius 2 is 1.67 bits per heavy atom. The molecule has 5 nitrogen and oxygen atoms in total. The number of aromatic carboxylic acids is 1. The molecule has 118 valence electrons. The summed E-state index contributed by atoms with van der Waals surface area (Å²) in [6, 6.07) is 19.5. The second-order valence-electron chi connectivity index (χ2n) is 4.71. The Labute approximate surface area is 143 Å². The number of rotatable bonds is 6. The first-order valence-electron chi connectivity index (χ1n) is 6.95. The Hall–Kier alpha value is -3.22. The van der Waals surface area contributed by atoms with Gasteiger partial charge < -0.3 is 10.4 Å². The lowest BCUT2D eigenvalue weighted by Gasteiger charge is -2.11. The number of hydrogen-bond acceptors (Lipinski definition) is 5. The molecule has 0 saturated heterocycles. The highest BCUT2D eigenvalue weighted by molar-refractivity contribution is 8.02. The Kier molecular flexibility index (Phi) is 6.01. The van der Waals surface area contributed by atoms with Crippen LogP contribution in [0.15, 0.2) is 65.2 Å². The summed E-state index contributed by atoms with van der Waals surface area (Å²) in [5, 5.41) is 30.7. The number of anilines is 1. The summed E-state index contributed by atoms with van der Waals surface area (Å²) in [4.78, 5) is 10.9. The minimum atomic E-state index is -0.975. The van der Waals surface area contributed by atoms with Crippen molar-refractivity contribution in [2.45, 2.75) is 5.75 Å². The van der Waals surface area contributed by atoms with Gasteiger partial charge in [-0.05, 0) is 29.8 Å². The minimum absolute atomic E-state index is 0.00556. The van der Waals surface area contributed by atoms with Gasteiger partial charge in [0.05, 0.1) is 5.56 Å². The van der Waals surface area contributed by atoms with E-state index >= 15 is 0 Å². The molecule has 24 heavy (non-hydrogen) atoms. The Morgan fingerprint density at radius 3 is 2.21 bits per heavy atom. The van der Waals surface area contributed by atoms with E-state index < -0.39 is 5.97 Å². The fourth-order valence-corrected chi connectivity index (χ4v) is 2.78. The molecule has 0 amide bonds. The van der Waals surface area contributed by atoms with Gasteiger partial charge in [0, 0.05) is 11.4 Å². The van der Waals surface area contributed by atoms with Gasteiger partial charge in [-0.25, -0.2) is 4.79 Å². The number of thioether (sulfide) groups is 1. The van der Waals surface area contributed by atoms with Crippen LogP contribution in [0.2, 0.25) is 0 Å². The van der Waals surface area contributed by atoms with Crippen LogP contribution < -0.4 is 5.32 Å². The van der Waals surface area contributed by atoms with Gasteiger partial charge in [0.25, 0.3) is 0 Å². The molecule has 0 aliphatic carbocycles. The van der Waals surface area contributed by atoms with Crippen LogP contribution in [0.25, 0.3) is 0 Å². The third-order valence-corrected chi connectivity index (χ3v) is 4.14. The summed E-state index contributed by atoms with van der Waals surface area (Å²) in [7, 11) is 0. The van der Waals surface area contributed by atoms with Crippen molar-refractivity contribution >= 4 is 23.4 Å². The zero-order valence-electron chi connectivity index (χ0n) is 12.6. The second kappa shape index (κ2) is 8.42. The van der Waals surface area contributed by atoms with Gasteiger partial charge in [-0.1, -0.05) is 30.3 Å². The lowest BCUT2D eigenvalue weighted by molar-refractivity contribution is 0.0697. The highest BCUT2D eigenvalue weighted by Gasteiger charge is 2.09. The van der Waals surface area contributed by atoms with Gasteiger partial charge in [0.15, 0.2) is 5.57 Å². The van der Waals surface area contributed by atoms with E-state index in [0.717, 1.165) is 11.3 Å². The van der Waals surface area contributed by atoms with E-state index in [1.165, 1.54) is 23.9 Å². The molecule has 0 unspecified atom stereocenters. The van der Waals surface area contributed by atoms with Gasteiger partial charge in [0.1, 0.15) is 17.2 Å². The molecule has 0 saturated carbocycles. The van der Waals surface area contributed by atoms with Crippen molar-refractivity contribution in [3.8, 4) is 12.1 Å². The summed E-state index contributed by atoms with van der Waals surface area (Å²) < 4.78 is 0. The number of nitrogens with one attached hydrogen (secondary N) is 1. The number of carboxylic acids is 1. The fourth-order valence-electron chi connectivity index (χ4n) is 1.85. The van der Waals surface area contributed by atoms with E-state index in [2.05, 4.69) is 5.32 Å². The molecule has 2 rings (SSSR count). The molecule has 0 aromatic heterocycles. The van der Waals surface area contributed by atoms with E-state index in [4.69, 9.17) is 15.6 Å². The smallest absolute Gasteiger partial charge is 0.335 e. The second-order valence-corrected chi connectivity index (χ2v) is 5.70. The van der Waals surface area contributed by atoms with Gasteiger partial charge >= 0.3 is 5.97 Å². The van der Waals surface area contributed by atoms with E-state index in [-0.39, 0.29) is 11.1 Å². The van der Waals surface area contributed by atoms with E-state index in [0.29, 0.717) is 10.8 Å². The lowest BCUT2D eigenvalue weighted by atomic mass is 10.1. The van der Waals surface area contributed by atoms with Crippen molar-refractivity contribution in [1.29, 1.82) is 10.5 Å². The molecule has 0 aliphatic heterocycles. The van der Waals surface area contributed by atoms with Crippen LogP contribution in [0.4, 0.5) is 5.69 Å². The van der Waals surface area contributed by atoms with Crippen molar-refractivity contribution in [2.24, 2.45) is 0 Å². The van der Waals surface area contributed by atoms with Crippen molar-refractivity contribution in [3.05, 3.63) is 76.3 Å². The molecular weight excluding hydrogens is 322 g/mol. The summed E-state index contributed by atoms with van der Waals surface area (Å²) in [5.41, 5.74) is 1.90. The zero-order chi connectivity index (χ0) is 17.4. The molecule has 0 aliphatic rings. The maximum Gasteiger partial charge on any atom is 0.335 e. The molecule has 0 radical (unpaired) electrons. The quantitative estimate of drug-likeness (QED) is 0.775. The molecule has 0 bridgehead atoms. The average Bonchev–Trinajstić information content (AvgIpc) is 2.61. The van der Waals surface area contributed by atoms with Gasteiger partial charge in [-0.3, -0.25) is 0 Å². The lowest BCUT2D eigenvalue weighted by Crippen LogP contribution is -2.00. The summed E-state index contributed by atoms with van der Waals surface area (Å²) in [6.45, 7) is 0. The molecule has 0 spiro atoms. The van der Waals surface area contributed by atoms with Crippen LogP contribution in [0.1, 0.15) is 15.9 Å². The zero-order valence-corrected chi connectivity index (χ0v) is 13.4. The van der Waals surface area contributed by atoms with E-state index in [9.17, 15) is 4.79 Å². The summed E-state index contributed by atoms with van der Waals surface area (Å²) >= 11 is 1.32. The Bertz CT molecular complexity index is 815. The predicted molar refractivity (Wildman–Crippen MR) is 93.0 cm³/mol. The van der Waals surface area contributed by atoms with Crippen LogP contribution in [-0.2, 0) is 5.75 Å². The third-order valence-electron chi connectivity index (χ3n) is 3.07. The predicted octanol–water partition coefficient (Wildman–Crippen LogP) is 3.99. The van der Waals surface area contributed by atoms with Crippen LogP contribution in [0, 0.1) is 22.7 Å². The topological polar surface area (TPSA) is 96.9 Å². The molecule has 6 heteroatoms. The first-order chi connectivity index (χ1) is 11.6. The fraction of sp³-hybridized carbons (Fsp3) is 0.0556. The number of allylic oxidation sites excluding steroid dienone is 1. The first-order valence-corrected chi connectivity index (χ1v) is 7.94. The summed E-state index contributed by atoms with van der Waals surface area (Å²) in [5.74, 6) is -0.473. The number of nitrogens with zero attached hydrogens (tertiary/aromatic N) is 2. The molecule has 0 heterocycles. The molecule has 0 fully saturated rings. The van der Waals surface area contributed by atoms with Crippen molar-refractivity contribution in [1.82, 2.24) is 0 Å². The number of nitriles is 2. The number of benzene rings is 2. The average molecular weight is 335 g/mol. The Balaban J connectivity index is 2.15. The van der Waals surface area contributed by atoms with Crippen LogP contribution in [0.5, 0.6) is 0 Å². The van der Waals surface area contributed by atoms with E-state index in [1.807, 2.05) is 42.5 Å². The maximum absolute atomic E-state index is 10.9. The monoisotopic (exact) mass is 335 g/mol. The molecule has 2 aromatic rings. The molecule has 2 aromatic carbocycles. The molecule has 2 N–H and O–H groups in total. The van der Waals surface area contributed by atoms with Crippen LogP contribution in [-0.4, -0.2) is 11.1 Å². The SMILES string of the molecule is N#CC(C#N)=C(Nc1ccccc1)SCc1ccc(C(=O)O)cc1. The van der Waals surface area contributed by atoms with Gasteiger partial charge in [0.2, 0.25) is 0 Å². The van der Waals surface area contributed by atoms with Crippen LogP contribution in [0.3, 0.4) is 0 Å². The first kappa shape index (κ1) is 17.1. The molecular formula is C18H13N3O2S. The third kappa shape index (κ3) is 4.64. The molecule has 0 atom stereocenters. The minimum Gasteiger partial charge on any atom is -0.478 e. The number of carbonyl (C=O) groups is 1. The largest absolute Gasteiger partial charge is 0.478 e. The van der Waals surface area contributed by atoms with Crippen molar-refractivity contribution in [2.75, 3.05) is 5.32 Å². The van der Waals surface area contributed by atoms with Crippen molar-refractivity contribution < 1.29 is 9.90 Å². The Morgan fingerprint density at radius 1 is 1.04 bits per heavy atom. The highest BCUT2D eigenvalue weighted by Crippen LogP contribution is 2.26. The summed E-state index contributed by atoms with van der Waals surface area (Å²) in [6.07, 6.45) is 0. The number of carboxylic acid groups (broad SMARTS) is 1. The maximum atomic E-state index is 10.9. The van der Waals surface area contributed by atoms with Crippen LogP contribution >= 0.6 is 11.8 Å². The number of hydrogen-bond donors (Lipinski definition) is 2.